The van der Waals surface area contributed by atoms with Crippen molar-refractivity contribution >= 4 is 52.1 Å². The van der Waals surface area contributed by atoms with Gasteiger partial charge >= 0.3 is 0 Å². The Morgan fingerprint density at radius 3 is 2.73 bits per heavy atom. The monoisotopic (exact) mass is 445 g/mol. The summed E-state index contributed by atoms with van der Waals surface area (Å²) in [5, 5.41) is 3.83. The fraction of sp³-hybridized carbons (Fsp3) is 0.190. The molecule has 0 saturated carbocycles. The number of ether oxygens (including phenoxy) is 2. The number of halogens is 1. The number of aliphatic imine (C=N–C) groups is 1. The summed E-state index contributed by atoms with van der Waals surface area (Å²) in [6, 6.07) is 10.6. The highest BCUT2D eigenvalue weighted by Crippen LogP contribution is 2.33. The van der Waals surface area contributed by atoms with Gasteiger partial charge in [-0.05, 0) is 67.1 Å². The maximum absolute atomic E-state index is 12.3. The number of nitrogens with zero attached hydrogens (tertiary/aromatic N) is 1. The maximum Gasteiger partial charge on any atom is 0.264 e. The lowest BCUT2D eigenvalue weighted by Crippen LogP contribution is -2.20. The number of nitrogens with two attached hydrogens (primary N) is 1. The van der Waals surface area contributed by atoms with E-state index in [1.807, 2.05) is 26.0 Å². The van der Waals surface area contributed by atoms with Crippen LogP contribution in [0.1, 0.15) is 18.1 Å². The second-order valence-electron chi connectivity index (χ2n) is 6.31. The van der Waals surface area contributed by atoms with Crippen molar-refractivity contribution in [1.29, 1.82) is 0 Å². The lowest BCUT2D eigenvalue weighted by Gasteiger charge is -2.11. The number of nitrogens with one attached hydrogen (secondary N) is 1. The largest absolute Gasteiger partial charge is 0.490 e. The van der Waals surface area contributed by atoms with Gasteiger partial charge in [-0.25, -0.2) is 4.99 Å². The SMILES string of the molecule is CCOc1cc(C=C2SC(=Nc3ccc(C)c(Cl)c3)NC2=O)ccc1OCC(N)=O. The molecule has 0 spiro atoms. The number of rotatable bonds is 7. The highest BCUT2D eigenvalue weighted by atomic mass is 35.5. The lowest BCUT2D eigenvalue weighted by atomic mass is 10.2. The van der Waals surface area contributed by atoms with Gasteiger partial charge in [-0.15, -0.1) is 0 Å². The van der Waals surface area contributed by atoms with E-state index in [4.69, 9.17) is 26.8 Å². The summed E-state index contributed by atoms with van der Waals surface area (Å²) in [5.74, 6) is 0.0350. The number of benzene rings is 2. The number of primary amides is 1. The Balaban J connectivity index is 1.81. The van der Waals surface area contributed by atoms with Crippen molar-refractivity contribution in [2.45, 2.75) is 13.8 Å². The van der Waals surface area contributed by atoms with E-state index >= 15 is 0 Å². The van der Waals surface area contributed by atoms with Crippen LogP contribution < -0.4 is 20.5 Å². The van der Waals surface area contributed by atoms with Gasteiger partial charge in [-0.1, -0.05) is 23.7 Å². The van der Waals surface area contributed by atoms with E-state index in [1.54, 1.807) is 30.3 Å². The number of carbonyl (C=O) groups is 2. The summed E-state index contributed by atoms with van der Waals surface area (Å²) >= 11 is 7.36. The number of aryl methyl sites for hydroxylation is 1. The number of thioether (sulfide) groups is 1. The highest BCUT2D eigenvalue weighted by Gasteiger charge is 2.24. The second-order valence-corrected chi connectivity index (χ2v) is 7.75. The van der Waals surface area contributed by atoms with E-state index in [0.29, 0.717) is 38.9 Å². The Labute approximate surface area is 183 Å². The van der Waals surface area contributed by atoms with Crippen LogP contribution in [0.2, 0.25) is 5.02 Å². The maximum atomic E-state index is 12.3. The molecular weight excluding hydrogens is 426 g/mol. The lowest BCUT2D eigenvalue weighted by molar-refractivity contribution is -0.120. The van der Waals surface area contributed by atoms with Crippen LogP contribution in [0.3, 0.4) is 0 Å². The molecule has 1 fully saturated rings. The van der Waals surface area contributed by atoms with Gasteiger partial charge in [0.15, 0.2) is 23.3 Å². The minimum Gasteiger partial charge on any atom is -0.490 e. The van der Waals surface area contributed by atoms with Crippen LogP contribution in [-0.2, 0) is 9.59 Å². The Bertz CT molecular complexity index is 1050. The topological polar surface area (TPSA) is 103 Å². The molecule has 0 bridgehead atoms. The van der Waals surface area contributed by atoms with Crippen molar-refractivity contribution in [3.05, 3.63) is 57.5 Å². The van der Waals surface area contributed by atoms with Gasteiger partial charge in [0, 0.05) is 5.02 Å². The Kier molecular flexibility index (Phi) is 7.02. The third kappa shape index (κ3) is 5.55. The predicted octanol–water partition coefficient (Wildman–Crippen LogP) is 3.80. The molecule has 2 aromatic carbocycles. The van der Waals surface area contributed by atoms with Crippen molar-refractivity contribution in [3.8, 4) is 11.5 Å². The summed E-state index contributed by atoms with van der Waals surface area (Å²) in [6.07, 6.45) is 1.73. The van der Waals surface area contributed by atoms with Crippen LogP contribution in [0.5, 0.6) is 11.5 Å². The fourth-order valence-corrected chi connectivity index (χ4v) is 3.57. The standard InChI is InChI=1S/C21H20ClN3O4S/c1-3-28-17-8-13(5-7-16(17)29-11-19(23)26)9-18-20(27)25-21(30-18)24-14-6-4-12(2)15(22)10-14/h4-10H,3,11H2,1-2H3,(H2,23,26)(H,24,25,27). The van der Waals surface area contributed by atoms with Gasteiger partial charge in [-0.3, -0.25) is 9.59 Å². The zero-order chi connectivity index (χ0) is 21.7. The van der Waals surface area contributed by atoms with Crippen molar-refractivity contribution in [2.75, 3.05) is 13.2 Å². The smallest absolute Gasteiger partial charge is 0.264 e. The zero-order valence-corrected chi connectivity index (χ0v) is 18.0. The zero-order valence-electron chi connectivity index (χ0n) is 16.4. The second kappa shape index (κ2) is 9.69. The molecule has 0 radical (unpaired) electrons. The molecule has 1 aliphatic heterocycles. The summed E-state index contributed by atoms with van der Waals surface area (Å²) < 4.78 is 10.9. The van der Waals surface area contributed by atoms with Crippen LogP contribution in [-0.4, -0.2) is 30.2 Å². The van der Waals surface area contributed by atoms with Crippen molar-refractivity contribution in [3.63, 3.8) is 0 Å². The molecule has 3 N–H and O–H groups in total. The summed E-state index contributed by atoms with van der Waals surface area (Å²) in [7, 11) is 0. The predicted molar refractivity (Wildman–Crippen MR) is 119 cm³/mol. The number of hydrogen-bond donors (Lipinski definition) is 2. The molecule has 9 heteroatoms. The molecule has 0 aliphatic carbocycles. The number of amidine groups is 1. The van der Waals surface area contributed by atoms with E-state index in [0.717, 1.165) is 11.1 Å². The first kappa shape index (κ1) is 21.7. The first-order valence-corrected chi connectivity index (χ1v) is 10.3. The molecule has 1 aliphatic rings. The van der Waals surface area contributed by atoms with Gasteiger partial charge in [0.1, 0.15) is 0 Å². The van der Waals surface area contributed by atoms with Gasteiger partial charge in [0.25, 0.3) is 11.8 Å². The Hall–Kier alpha value is -2.97. The van der Waals surface area contributed by atoms with Crippen LogP contribution in [0.25, 0.3) is 6.08 Å². The highest BCUT2D eigenvalue weighted by molar-refractivity contribution is 8.18. The molecule has 0 aromatic heterocycles. The third-order valence-electron chi connectivity index (χ3n) is 3.97. The van der Waals surface area contributed by atoms with Crippen LogP contribution >= 0.6 is 23.4 Å². The van der Waals surface area contributed by atoms with Crippen LogP contribution in [0, 0.1) is 6.92 Å². The van der Waals surface area contributed by atoms with Crippen LogP contribution in [0.4, 0.5) is 5.69 Å². The van der Waals surface area contributed by atoms with E-state index in [-0.39, 0.29) is 12.5 Å². The average molecular weight is 446 g/mol. The molecular formula is C21H20ClN3O4S. The van der Waals surface area contributed by atoms with E-state index in [2.05, 4.69) is 10.3 Å². The summed E-state index contributed by atoms with van der Waals surface area (Å²) in [6.45, 7) is 3.91. The van der Waals surface area contributed by atoms with Crippen molar-refractivity contribution < 1.29 is 19.1 Å². The normalized spacial score (nSPS) is 16.0. The van der Waals surface area contributed by atoms with Crippen LogP contribution in [0.15, 0.2) is 46.3 Å². The molecule has 2 aromatic rings. The van der Waals surface area contributed by atoms with Gasteiger partial charge < -0.3 is 20.5 Å². The van der Waals surface area contributed by atoms with Gasteiger partial charge in [0.05, 0.1) is 17.2 Å². The Morgan fingerprint density at radius 2 is 2.03 bits per heavy atom. The molecule has 3 rings (SSSR count). The molecule has 30 heavy (non-hydrogen) atoms. The quantitative estimate of drug-likeness (QED) is 0.631. The number of hydrogen-bond acceptors (Lipinski definition) is 6. The average Bonchev–Trinajstić information content (AvgIpc) is 3.03. The molecule has 0 unspecified atom stereocenters. The van der Waals surface area contributed by atoms with E-state index < -0.39 is 5.91 Å². The number of amides is 2. The number of carbonyl (C=O) groups excluding carboxylic acids is 2. The first-order valence-electron chi connectivity index (χ1n) is 9.09. The van der Waals surface area contributed by atoms with E-state index in [1.165, 1.54) is 11.8 Å². The van der Waals surface area contributed by atoms with E-state index in [9.17, 15) is 9.59 Å². The van der Waals surface area contributed by atoms with Crippen molar-refractivity contribution in [2.24, 2.45) is 10.7 Å². The van der Waals surface area contributed by atoms with Gasteiger partial charge in [-0.2, -0.15) is 0 Å². The first-order chi connectivity index (χ1) is 14.4. The van der Waals surface area contributed by atoms with Crippen molar-refractivity contribution in [1.82, 2.24) is 5.32 Å². The fourth-order valence-electron chi connectivity index (χ4n) is 2.55. The summed E-state index contributed by atoms with van der Waals surface area (Å²) in [4.78, 5) is 28.2. The molecule has 0 atom stereocenters. The molecule has 156 valence electrons. The summed E-state index contributed by atoms with van der Waals surface area (Å²) in [5.41, 5.74) is 7.47. The Morgan fingerprint density at radius 1 is 1.23 bits per heavy atom. The van der Waals surface area contributed by atoms with Gasteiger partial charge in [0.2, 0.25) is 0 Å². The molecule has 2 amide bonds. The minimum absolute atomic E-state index is 0.246. The molecule has 7 nitrogen and oxygen atoms in total. The molecule has 1 heterocycles. The molecule has 1 saturated heterocycles. The third-order valence-corrected chi connectivity index (χ3v) is 5.29. The minimum atomic E-state index is -0.579.